The van der Waals surface area contributed by atoms with E-state index in [1.54, 1.807) is 6.20 Å². The Morgan fingerprint density at radius 2 is 1.67 bits per heavy atom. The first-order valence-electron chi connectivity index (χ1n) is 7.48. The van der Waals surface area contributed by atoms with E-state index >= 15 is 0 Å². The van der Waals surface area contributed by atoms with Gasteiger partial charge in [-0.1, -0.05) is 11.6 Å². The first kappa shape index (κ1) is 16.6. The number of pyridine rings is 1. The smallest absolute Gasteiger partial charge is 0.399 e. The summed E-state index contributed by atoms with van der Waals surface area (Å²) >= 11 is 6.23. The number of nitrogens with zero attached hydrogens (tertiary/aromatic N) is 2. The highest BCUT2D eigenvalue weighted by Crippen LogP contribution is 2.36. The van der Waals surface area contributed by atoms with Crippen LogP contribution in [-0.2, 0) is 9.31 Å². The molecule has 0 spiro atoms. The van der Waals surface area contributed by atoms with E-state index in [0.717, 1.165) is 24.2 Å². The molecule has 0 saturated carbocycles. The van der Waals surface area contributed by atoms with Crippen molar-refractivity contribution in [2.24, 2.45) is 0 Å². The fraction of sp³-hybridized carbons (Fsp3) is 0.667. The predicted octanol–water partition coefficient (Wildman–Crippen LogP) is 2.88. The summed E-state index contributed by atoms with van der Waals surface area (Å²) in [5.74, 6) is 0. The second-order valence-corrected chi connectivity index (χ2v) is 6.70. The summed E-state index contributed by atoms with van der Waals surface area (Å²) in [6.07, 6.45) is 1.73. The minimum Gasteiger partial charge on any atom is -0.399 e. The molecule has 1 aromatic rings. The molecule has 1 fully saturated rings. The Bertz CT molecular complexity index is 502. The van der Waals surface area contributed by atoms with Crippen molar-refractivity contribution in [3.8, 4) is 0 Å². The molecule has 6 heteroatoms. The average Bonchev–Trinajstić information content (AvgIpc) is 2.62. The van der Waals surface area contributed by atoms with Crippen LogP contribution in [-0.4, -0.2) is 36.4 Å². The van der Waals surface area contributed by atoms with E-state index in [0.29, 0.717) is 5.15 Å². The molecule has 1 aromatic heterocycles. The lowest BCUT2D eigenvalue weighted by Crippen LogP contribution is -2.41. The van der Waals surface area contributed by atoms with Crippen molar-refractivity contribution >= 4 is 29.9 Å². The van der Waals surface area contributed by atoms with Crippen LogP contribution >= 0.6 is 11.6 Å². The van der Waals surface area contributed by atoms with E-state index in [4.69, 9.17) is 20.9 Å². The molecule has 21 heavy (non-hydrogen) atoms. The normalized spacial score (nSPS) is 19.9. The lowest BCUT2D eigenvalue weighted by Gasteiger charge is -2.32. The van der Waals surface area contributed by atoms with E-state index in [-0.39, 0.29) is 11.2 Å². The van der Waals surface area contributed by atoms with Gasteiger partial charge in [-0.3, -0.25) is 0 Å². The third-order valence-electron chi connectivity index (χ3n) is 4.47. The number of anilines is 1. The highest BCUT2D eigenvalue weighted by atomic mass is 35.5. The Balaban J connectivity index is 2.33. The molecule has 116 valence electrons. The van der Waals surface area contributed by atoms with Crippen LogP contribution in [0.2, 0.25) is 5.15 Å². The molecular weight excluding hydrogens is 286 g/mol. The van der Waals surface area contributed by atoms with Gasteiger partial charge in [0.05, 0.1) is 16.9 Å². The maximum atomic E-state index is 6.23. The van der Waals surface area contributed by atoms with Crippen LogP contribution < -0.4 is 10.4 Å². The minimum absolute atomic E-state index is 0.354. The molecule has 0 unspecified atom stereocenters. The van der Waals surface area contributed by atoms with Gasteiger partial charge in [0, 0.05) is 24.7 Å². The fourth-order valence-electron chi connectivity index (χ4n) is 2.35. The SMILES string of the molecule is CCN(CC)c1cc(B2OC(C)(C)C(C)(C)O2)cnc1Cl. The van der Waals surface area contributed by atoms with Crippen LogP contribution in [0.4, 0.5) is 5.69 Å². The highest BCUT2D eigenvalue weighted by Gasteiger charge is 2.51. The summed E-state index contributed by atoms with van der Waals surface area (Å²) in [5, 5.41) is 0.513. The van der Waals surface area contributed by atoms with E-state index in [1.807, 2.05) is 33.8 Å². The highest BCUT2D eigenvalue weighted by molar-refractivity contribution is 6.62. The van der Waals surface area contributed by atoms with Gasteiger partial charge in [0.25, 0.3) is 0 Å². The molecule has 0 N–H and O–H groups in total. The quantitative estimate of drug-likeness (QED) is 0.633. The largest absolute Gasteiger partial charge is 0.496 e. The number of hydrogen-bond donors (Lipinski definition) is 0. The average molecular weight is 311 g/mol. The van der Waals surface area contributed by atoms with Crippen LogP contribution in [0, 0.1) is 0 Å². The lowest BCUT2D eigenvalue weighted by molar-refractivity contribution is 0.00578. The number of aromatic nitrogens is 1. The van der Waals surface area contributed by atoms with E-state index in [1.165, 1.54) is 0 Å². The molecule has 4 nitrogen and oxygen atoms in total. The van der Waals surface area contributed by atoms with Crippen LogP contribution in [0.25, 0.3) is 0 Å². The summed E-state index contributed by atoms with van der Waals surface area (Å²) in [4.78, 5) is 6.47. The van der Waals surface area contributed by atoms with Crippen molar-refractivity contribution in [3.05, 3.63) is 17.4 Å². The molecule has 0 aliphatic carbocycles. The van der Waals surface area contributed by atoms with Crippen molar-refractivity contribution in [2.75, 3.05) is 18.0 Å². The van der Waals surface area contributed by atoms with Crippen LogP contribution in [0.3, 0.4) is 0 Å². The summed E-state index contributed by atoms with van der Waals surface area (Å²) in [5.41, 5.74) is 1.12. The fourth-order valence-corrected chi connectivity index (χ4v) is 2.57. The third-order valence-corrected chi connectivity index (χ3v) is 4.76. The summed E-state index contributed by atoms with van der Waals surface area (Å²) in [7, 11) is -0.408. The van der Waals surface area contributed by atoms with E-state index < -0.39 is 7.12 Å². The van der Waals surface area contributed by atoms with Crippen LogP contribution in [0.5, 0.6) is 0 Å². The van der Waals surface area contributed by atoms with Gasteiger partial charge in [-0.25, -0.2) is 4.98 Å². The summed E-state index contributed by atoms with van der Waals surface area (Å²) in [6.45, 7) is 14.1. The third kappa shape index (κ3) is 3.05. The molecule has 1 aliphatic heterocycles. The molecule has 2 rings (SSSR count). The second-order valence-electron chi connectivity index (χ2n) is 6.34. The molecule has 0 amide bonds. The Labute approximate surface area is 132 Å². The Kier molecular flexibility index (Phi) is 4.57. The van der Waals surface area contributed by atoms with Gasteiger partial charge in [-0.05, 0) is 47.6 Å². The Morgan fingerprint density at radius 3 is 2.14 bits per heavy atom. The zero-order valence-electron chi connectivity index (χ0n) is 13.7. The standard InChI is InChI=1S/C15H24BClN2O2/c1-7-19(8-2)12-9-11(10-18-13(12)17)16-20-14(3,4)15(5,6)21-16/h9-10H,7-8H2,1-6H3. The van der Waals surface area contributed by atoms with Crippen LogP contribution in [0.15, 0.2) is 12.3 Å². The van der Waals surface area contributed by atoms with Gasteiger partial charge >= 0.3 is 7.12 Å². The first-order valence-corrected chi connectivity index (χ1v) is 7.85. The van der Waals surface area contributed by atoms with Crippen molar-refractivity contribution < 1.29 is 9.31 Å². The zero-order chi connectivity index (χ0) is 15.8. The van der Waals surface area contributed by atoms with Crippen molar-refractivity contribution in [3.63, 3.8) is 0 Å². The maximum absolute atomic E-state index is 6.23. The van der Waals surface area contributed by atoms with Gasteiger partial charge in [-0.2, -0.15) is 0 Å². The Hall–Kier alpha value is -0.775. The van der Waals surface area contributed by atoms with Gasteiger partial charge in [-0.15, -0.1) is 0 Å². The van der Waals surface area contributed by atoms with Crippen LogP contribution in [0.1, 0.15) is 41.5 Å². The first-order chi connectivity index (χ1) is 9.71. The predicted molar refractivity (Wildman–Crippen MR) is 88.5 cm³/mol. The van der Waals surface area contributed by atoms with Gasteiger partial charge in [0.15, 0.2) is 5.15 Å². The molecule has 0 atom stereocenters. The topological polar surface area (TPSA) is 34.6 Å². The molecule has 0 aromatic carbocycles. The number of hydrogen-bond acceptors (Lipinski definition) is 4. The van der Waals surface area contributed by atoms with Crippen molar-refractivity contribution in [1.29, 1.82) is 0 Å². The summed E-state index contributed by atoms with van der Waals surface area (Å²) in [6, 6.07) is 2.02. The van der Waals surface area contributed by atoms with Gasteiger partial charge in [0.2, 0.25) is 0 Å². The zero-order valence-corrected chi connectivity index (χ0v) is 14.5. The lowest BCUT2D eigenvalue weighted by atomic mass is 9.80. The molecule has 0 radical (unpaired) electrons. The van der Waals surface area contributed by atoms with Gasteiger partial charge < -0.3 is 14.2 Å². The van der Waals surface area contributed by atoms with E-state index in [9.17, 15) is 0 Å². The Morgan fingerprint density at radius 1 is 1.14 bits per heavy atom. The second kappa shape index (κ2) is 5.78. The molecule has 0 bridgehead atoms. The van der Waals surface area contributed by atoms with Gasteiger partial charge in [0.1, 0.15) is 0 Å². The van der Waals surface area contributed by atoms with Crippen molar-refractivity contribution in [1.82, 2.24) is 4.98 Å². The minimum atomic E-state index is -0.408. The molecule has 1 saturated heterocycles. The monoisotopic (exact) mass is 310 g/mol. The van der Waals surface area contributed by atoms with E-state index in [2.05, 4.69) is 23.7 Å². The molecular formula is C15H24BClN2O2. The molecule has 1 aliphatic rings. The number of rotatable bonds is 4. The summed E-state index contributed by atoms with van der Waals surface area (Å²) < 4.78 is 12.1. The van der Waals surface area contributed by atoms with Crippen molar-refractivity contribution in [2.45, 2.75) is 52.7 Å². The number of halogens is 1. The molecule has 2 heterocycles. The maximum Gasteiger partial charge on any atom is 0.496 e.